The van der Waals surface area contributed by atoms with Gasteiger partial charge in [0.1, 0.15) is 5.69 Å². The largest absolute Gasteiger partial charge is 0.372 e. The molecule has 1 spiro atoms. The fourth-order valence-electron chi connectivity index (χ4n) is 5.64. The number of carbonyl (C=O) groups is 3. The van der Waals surface area contributed by atoms with Crippen molar-refractivity contribution in [1.29, 1.82) is 0 Å². The van der Waals surface area contributed by atoms with Crippen LogP contribution in [-0.2, 0) is 20.7 Å². The van der Waals surface area contributed by atoms with Crippen molar-refractivity contribution in [3.63, 3.8) is 0 Å². The Bertz CT molecular complexity index is 1380. The number of carbonyl (C=O) groups excluding carboxylic acids is 3. The summed E-state index contributed by atoms with van der Waals surface area (Å²) in [6, 6.07) is 0.0140. The Hall–Kier alpha value is -3.38. The molecular formula is C22H20FN5O5S. The van der Waals surface area contributed by atoms with Crippen molar-refractivity contribution in [2.45, 2.75) is 45.4 Å². The third-order valence-corrected chi connectivity index (χ3v) is 7.86. The summed E-state index contributed by atoms with van der Waals surface area (Å²) in [6.07, 6.45) is -0.997. The number of halogens is 1. The molecule has 2 N–H and O–H groups in total. The zero-order chi connectivity index (χ0) is 23.9. The van der Waals surface area contributed by atoms with E-state index in [4.69, 9.17) is 9.26 Å². The van der Waals surface area contributed by atoms with Crippen molar-refractivity contribution in [2.75, 3.05) is 11.4 Å². The third kappa shape index (κ3) is 2.66. The van der Waals surface area contributed by atoms with E-state index in [0.717, 1.165) is 10.6 Å². The van der Waals surface area contributed by atoms with Crippen LogP contribution in [0, 0.1) is 18.2 Å². The van der Waals surface area contributed by atoms with E-state index < -0.39 is 41.2 Å². The highest BCUT2D eigenvalue weighted by Crippen LogP contribution is 2.50. The fourth-order valence-corrected chi connectivity index (χ4v) is 6.44. The Balaban J connectivity index is 1.61. The van der Waals surface area contributed by atoms with Crippen LogP contribution in [0.25, 0.3) is 21.5 Å². The number of rotatable bonds is 1. The summed E-state index contributed by atoms with van der Waals surface area (Å²) in [5.74, 6) is -2.06. The number of aromatic nitrogens is 2. The highest BCUT2D eigenvalue weighted by Gasteiger charge is 2.63. The molecule has 3 unspecified atom stereocenters. The van der Waals surface area contributed by atoms with E-state index in [1.54, 1.807) is 23.4 Å². The summed E-state index contributed by atoms with van der Waals surface area (Å²) in [5, 5.41) is 9.01. The van der Waals surface area contributed by atoms with Gasteiger partial charge in [-0.15, -0.1) is 11.3 Å². The Morgan fingerprint density at radius 3 is 2.65 bits per heavy atom. The molecule has 3 atom stereocenters. The number of nitrogens with zero attached hydrogens (tertiary/aromatic N) is 3. The minimum Gasteiger partial charge on any atom is -0.372 e. The molecule has 5 heterocycles. The van der Waals surface area contributed by atoms with Gasteiger partial charge in [-0.25, -0.2) is 14.2 Å². The number of morpholine rings is 1. The lowest BCUT2D eigenvalue weighted by Gasteiger charge is -2.55. The normalized spacial score (nSPS) is 25.8. The number of nitrogens with one attached hydrogen (secondary N) is 2. The van der Waals surface area contributed by atoms with Gasteiger partial charge in [0.25, 0.3) is 0 Å². The number of thiazole rings is 1. The smallest absolute Gasteiger partial charge is 0.328 e. The Morgan fingerprint density at radius 2 is 1.97 bits per heavy atom. The summed E-state index contributed by atoms with van der Waals surface area (Å²) in [4.78, 5) is 45.1. The standard InChI is InChI=1S/C22H20FN5O5S/c1-8-6-28-15-11(4-12-14(17-9(2)24-7-34-17)27-33-16(12)13(15)23)5-22(18(28)10(3)32-8)19(29)25-21(31)26-20(22)30/h4,7-8,10,18H,5-6H2,1-3H3,(H2,25,26,29,30,31). The van der Waals surface area contributed by atoms with Crippen LogP contribution in [0.4, 0.5) is 14.9 Å². The number of benzene rings is 1. The average Bonchev–Trinajstić information content (AvgIpc) is 3.37. The van der Waals surface area contributed by atoms with Crippen LogP contribution in [0.3, 0.4) is 0 Å². The van der Waals surface area contributed by atoms with Gasteiger partial charge in [-0.3, -0.25) is 20.2 Å². The van der Waals surface area contributed by atoms with E-state index in [1.165, 1.54) is 11.3 Å². The van der Waals surface area contributed by atoms with Crippen LogP contribution < -0.4 is 15.5 Å². The molecule has 0 aliphatic carbocycles. The molecule has 4 amide bonds. The number of fused-ring (bicyclic) bond motifs is 5. The zero-order valence-electron chi connectivity index (χ0n) is 18.5. The van der Waals surface area contributed by atoms with Gasteiger partial charge in [-0.2, -0.15) is 0 Å². The first kappa shape index (κ1) is 21.2. The second-order valence-electron chi connectivity index (χ2n) is 9.01. The molecule has 2 fully saturated rings. The predicted octanol–water partition coefficient (Wildman–Crippen LogP) is 2.29. The Morgan fingerprint density at radius 1 is 1.24 bits per heavy atom. The molecular weight excluding hydrogens is 465 g/mol. The predicted molar refractivity (Wildman–Crippen MR) is 119 cm³/mol. The maximum absolute atomic E-state index is 16.1. The SMILES string of the molecule is Cc1ncsc1-c1noc2c(F)c3c(cc12)CC1(C(=O)NC(=O)NC1=O)C1C(C)OC(C)CN31. The van der Waals surface area contributed by atoms with Crippen molar-refractivity contribution in [3.05, 3.63) is 28.7 Å². The van der Waals surface area contributed by atoms with Crippen LogP contribution in [-0.4, -0.2) is 52.8 Å². The molecule has 34 heavy (non-hydrogen) atoms. The maximum Gasteiger partial charge on any atom is 0.328 e. The van der Waals surface area contributed by atoms with Gasteiger partial charge in [0.2, 0.25) is 17.4 Å². The van der Waals surface area contributed by atoms with Crippen LogP contribution in [0.1, 0.15) is 25.1 Å². The van der Waals surface area contributed by atoms with Crippen molar-refractivity contribution in [2.24, 2.45) is 5.41 Å². The number of aryl methyl sites for hydroxylation is 1. The molecule has 6 rings (SSSR count). The first-order chi connectivity index (χ1) is 16.2. The number of imide groups is 2. The molecule has 2 aromatic heterocycles. The Labute approximate surface area is 196 Å². The van der Waals surface area contributed by atoms with Gasteiger partial charge in [-0.1, -0.05) is 5.16 Å². The molecule has 0 radical (unpaired) electrons. The van der Waals surface area contributed by atoms with Crippen LogP contribution >= 0.6 is 11.3 Å². The number of hydrogen-bond acceptors (Lipinski definition) is 9. The lowest BCUT2D eigenvalue weighted by molar-refractivity contribution is -0.153. The summed E-state index contributed by atoms with van der Waals surface area (Å²) in [7, 11) is 0. The summed E-state index contributed by atoms with van der Waals surface area (Å²) in [6.45, 7) is 5.65. The number of ether oxygens (including phenoxy) is 1. The molecule has 3 aromatic rings. The molecule has 12 heteroatoms. The van der Waals surface area contributed by atoms with E-state index in [1.807, 2.05) is 13.8 Å². The van der Waals surface area contributed by atoms with Gasteiger partial charge >= 0.3 is 6.03 Å². The highest BCUT2D eigenvalue weighted by molar-refractivity contribution is 7.13. The van der Waals surface area contributed by atoms with Crippen molar-refractivity contribution in [1.82, 2.24) is 20.8 Å². The number of urea groups is 1. The van der Waals surface area contributed by atoms with Crippen molar-refractivity contribution < 1.29 is 28.0 Å². The molecule has 3 aliphatic rings. The van der Waals surface area contributed by atoms with Gasteiger partial charge in [-0.05, 0) is 32.4 Å². The molecule has 1 aromatic carbocycles. The van der Waals surface area contributed by atoms with Gasteiger partial charge < -0.3 is 14.2 Å². The van der Waals surface area contributed by atoms with E-state index in [-0.39, 0.29) is 30.3 Å². The molecule has 0 saturated carbocycles. The second-order valence-corrected chi connectivity index (χ2v) is 9.86. The van der Waals surface area contributed by atoms with Crippen LogP contribution in [0.2, 0.25) is 0 Å². The lowest BCUT2D eigenvalue weighted by atomic mass is 9.66. The van der Waals surface area contributed by atoms with E-state index in [9.17, 15) is 14.4 Å². The number of amides is 4. The van der Waals surface area contributed by atoms with Gasteiger partial charge in [0, 0.05) is 13.0 Å². The number of anilines is 1. The topological polar surface area (TPSA) is 127 Å². The minimum atomic E-state index is -1.68. The molecule has 10 nitrogen and oxygen atoms in total. The fraction of sp³-hybridized carbons (Fsp3) is 0.409. The number of barbiturate groups is 1. The maximum atomic E-state index is 16.1. The highest BCUT2D eigenvalue weighted by atomic mass is 32.1. The first-order valence-electron chi connectivity index (χ1n) is 10.8. The van der Waals surface area contributed by atoms with E-state index in [2.05, 4.69) is 20.8 Å². The molecule has 3 aliphatic heterocycles. The van der Waals surface area contributed by atoms with Gasteiger partial charge in [0.05, 0.1) is 45.4 Å². The molecule has 176 valence electrons. The second kappa shape index (κ2) is 7.06. The average molecular weight is 485 g/mol. The summed E-state index contributed by atoms with van der Waals surface area (Å²) < 4.78 is 27.5. The minimum absolute atomic E-state index is 0.00391. The van der Waals surface area contributed by atoms with Crippen LogP contribution in [0.15, 0.2) is 16.1 Å². The van der Waals surface area contributed by atoms with Gasteiger partial charge in [0.15, 0.2) is 11.2 Å². The van der Waals surface area contributed by atoms with Crippen molar-refractivity contribution in [3.8, 4) is 10.6 Å². The quantitative estimate of drug-likeness (QED) is 0.503. The summed E-state index contributed by atoms with van der Waals surface area (Å²) >= 11 is 1.36. The number of hydrogen-bond donors (Lipinski definition) is 2. The van der Waals surface area contributed by atoms with Crippen molar-refractivity contribution >= 4 is 45.8 Å². The molecule has 2 saturated heterocycles. The Kier molecular flexibility index (Phi) is 4.40. The molecule has 0 bridgehead atoms. The monoisotopic (exact) mass is 485 g/mol. The summed E-state index contributed by atoms with van der Waals surface area (Å²) in [5.41, 5.74) is 1.87. The van der Waals surface area contributed by atoms with Crippen LogP contribution in [0.5, 0.6) is 0 Å². The third-order valence-electron chi connectivity index (χ3n) is 6.93. The van der Waals surface area contributed by atoms with E-state index >= 15 is 4.39 Å². The first-order valence-corrected chi connectivity index (χ1v) is 11.7. The zero-order valence-corrected chi connectivity index (χ0v) is 19.3. The lowest BCUT2D eigenvalue weighted by Crippen LogP contribution is -2.75. The van der Waals surface area contributed by atoms with E-state index in [0.29, 0.717) is 16.6 Å².